The van der Waals surface area contributed by atoms with Gasteiger partial charge in [-0.2, -0.15) is 5.10 Å². The molecule has 2 aromatic rings. The maximum absolute atomic E-state index is 4.17. The molecule has 5 heteroatoms. The number of anilines is 2. The third kappa shape index (κ3) is 1.71. The van der Waals surface area contributed by atoms with Crippen molar-refractivity contribution in [1.82, 2.24) is 19.7 Å². The summed E-state index contributed by atoms with van der Waals surface area (Å²) in [6.07, 6.45) is 6.96. The van der Waals surface area contributed by atoms with Gasteiger partial charge in [0.15, 0.2) is 5.82 Å². The molecule has 2 aromatic heterocycles. The molecule has 0 spiro atoms. The van der Waals surface area contributed by atoms with Crippen LogP contribution in [0.15, 0.2) is 24.8 Å². The Kier molecular flexibility index (Phi) is 2.14. The van der Waals surface area contributed by atoms with Gasteiger partial charge in [-0.1, -0.05) is 0 Å². The first kappa shape index (κ1) is 8.68. The highest BCUT2D eigenvalue weighted by molar-refractivity contribution is 5.55. The maximum Gasteiger partial charge on any atom is 0.151 e. The van der Waals surface area contributed by atoms with Crippen LogP contribution in [-0.4, -0.2) is 19.7 Å². The van der Waals surface area contributed by atoms with Gasteiger partial charge in [0.1, 0.15) is 0 Å². The minimum absolute atomic E-state index is 0.764. The molecule has 0 radical (unpaired) electrons. The second kappa shape index (κ2) is 3.45. The molecule has 0 atom stereocenters. The Labute approximate surface area is 81.8 Å². The molecule has 5 nitrogen and oxygen atoms in total. The predicted molar refractivity (Wildman–Crippen MR) is 53.3 cm³/mol. The van der Waals surface area contributed by atoms with Crippen molar-refractivity contribution in [2.45, 2.75) is 6.92 Å². The molecule has 0 saturated heterocycles. The van der Waals surface area contributed by atoms with Gasteiger partial charge in [0, 0.05) is 25.6 Å². The van der Waals surface area contributed by atoms with Gasteiger partial charge in [0.05, 0.1) is 17.6 Å². The Morgan fingerprint density at radius 1 is 1.29 bits per heavy atom. The number of rotatable bonds is 2. The Hall–Kier alpha value is -1.91. The molecule has 0 unspecified atom stereocenters. The number of hydrogen-bond donors (Lipinski definition) is 1. The second-order valence-corrected chi connectivity index (χ2v) is 3.02. The number of aryl methyl sites for hydroxylation is 2. The van der Waals surface area contributed by atoms with Gasteiger partial charge in [0.2, 0.25) is 0 Å². The van der Waals surface area contributed by atoms with E-state index in [0.29, 0.717) is 0 Å². The van der Waals surface area contributed by atoms with Crippen LogP contribution < -0.4 is 5.32 Å². The van der Waals surface area contributed by atoms with E-state index >= 15 is 0 Å². The molecule has 14 heavy (non-hydrogen) atoms. The van der Waals surface area contributed by atoms with Crippen LogP contribution in [0.4, 0.5) is 11.5 Å². The molecule has 0 aliphatic heterocycles. The molecule has 0 bridgehead atoms. The van der Waals surface area contributed by atoms with Gasteiger partial charge in [-0.05, 0) is 6.92 Å². The molecule has 2 heterocycles. The van der Waals surface area contributed by atoms with Crippen molar-refractivity contribution in [3.63, 3.8) is 0 Å². The van der Waals surface area contributed by atoms with E-state index in [1.54, 1.807) is 23.3 Å². The maximum atomic E-state index is 4.17. The normalized spacial score (nSPS) is 10.1. The van der Waals surface area contributed by atoms with Gasteiger partial charge in [-0.3, -0.25) is 9.67 Å². The van der Waals surface area contributed by atoms with Crippen molar-refractivity contribution in [3.8, 4) is 0 Å². The first-order valence-electron chi connectivity index (χ1n) is 4.29. The van der Waals surface area contributed by atoms with Crippen LogP contribution in [0, 0.1) is 6.92 Å². The second-order valence-electron chi connectivity index (χ2n) is 3.02. The van der Waals surface area contributed by atoms with Crippen molar-refractivity contribution < 1.29 is 0 Å². The molecule has 0 aliphatic rings. The SMILES string of the molecule is Cc1nccnc1Nc1cnn(C)c1. The van der Waals surface area contributed by atoms with Crippen LogP contribution in [0.25, 0.3) is 0 Å². The number of aromatic nitrogens is 4. The van der Waals surface area contributed by atoms with E-state index in [-0.39, 0.29) is 0 Å². The van der Waals surface area contributed by atoms with E-state index in [2.05, 4.69) is 20.4 Å². The average Bonchev–Trinajstić information content (AvgIpc) is 2.56. The highest BCUT2D eigenvalue weighted by atomic mass is 15.3. The molecule has 0 fully saturated rings. The summed E-state index contributed by atoms with van der Waals surface area (Å²) < 4.78 is 1.73. The van der Waals surface area contributed by atoms with E-state index in [0.717, 1.165) is 17.2 Å². The van der Waals surface area contributed by atoms with Crippen molar-refractivity contribution >= 4 is 11.5 Å². The zero-order chi connectivity index (χ0) is 9.97. The van der Waals surface area contributed by atoms with Crippen LogP contribution in [0.2, 0.25) is 0 Å². The van der Waals surface area contributed by atoms with E-state index in [4.69, 9.17) is 0 Å². The van der Waals surface area contributed by atoms with Crippen LogP contribution in [0.3, 0.4) is 0 Å². The molecule has 2 rings (SSSR count). The summed E-state index contributed by atoms with van der Waals surface area (Å²) in [5.41, 5.74) is 1.78. The molecule has 0 saturated carbocycles. The van der Waals surface area contributed by atoms with Gasteiger partial charge >= 0.3 is 0 Å². The Balaban J connectivity index is 2.23. The number of nitrogens with one attached hydrogen (secondary N) is 1. The predicted octanol–water partition coefficient (Wildman–Crippen LogP) is 1.26. The van der Waals surface area contributed by atoms with Gasteiger partial charge in [-0.15, -0.1) is 0 Å². The molecule has 0 amide bonds. The van der Waals surface area contributed by atoms with E-state index in [9.17, 15) is 0 Å². The summed E-state index contributed by atoms with van der Waals surface area (Å²) in [5.74, 6) is 0.764. The summed E-state index contributed by atoms with van der Waals surface area (Å²) >= 11 is 0. The van der Waals surface area contributed by atoms with Crippen molar-refractivity contribution in [1.29, 1.82) is 0 Å². The third-order valence-corrected chi connectivity index (χ3v) is 1.85. The van der Waals surface area contributed by atoms with Crippen LogP contribution in [0.1, 0.15) is 5.69 Å². The fourth-order valence-corrected chi connectivity index (χ4v) is 1.15. The van der Waals surface area contributed by atoms with Crippen molar-refractivity contribution in [2.75, 3.05) is 5.32 Å². The Morgan fingerprint density at radius 3 is 2.71 bits per heavy atom. The molecular formula is C9H11N5. The minimum Gasteiger partial charge on any atom is -0.336 e. The van der Waals surface area contributed by atoms with E-state index < -0.39 is 0 Å². The number of hydrogen-bond acceptors (Lipinski definition) is 4. The monoisotopic (exact) mass is 189 g/mol. The zero-order valence-electron chi connectivity index (χ0n) is 8.10. The fraction of sp³-hybridized carbons (Fsp3) is 0.222. The summed E-state index contributed by atoms with van der Waals surface area (Å²) in [6, 6.07) is 0. The molecule has 0 aromatic carbocycles. The number of nitrogens with zero attached hydrogens (tertiary/aromatic N) is 4. The van der Waals surface area contributed by atoms with Gasteiger partial charge in [0.25, 0.3) is 0 Å². The quantitative estimate of drug-likeness (QED) is 0.772. The Bertz CT molecular complexity index is 434. The summed E-state index contributed by atoms with van der Waals surface area (Å²) in [5, 5.41) is 7.18. The lowest BCUT2D eigenvalue weighted by Crippen LogP contribution is -1.96. The Morgan fingerprint density at radius 2 is 2.07 bits per heavy atom. The third-order valence-electron chi connectivity index (χ3n) is 1.85. The highest BCUT2D eigenvalue weighted by Gasteiger charge is 2.01. The molecular weight excluding hydrogens is 178 g/mol. The lowest BCUT2D eigenvalue weighted by atomic mass is 10.4. The van der Waals surface area contributed by atoms with Crippen LogP contribution in [0.5, 0.6) is 0 Å². The van der Waals surface area contributed by atoms with Crippen molar-refractivity contribution in [2.24, 2.45) is 7.05 Å². The highest BCUT2D eigenvalue weighted by Crippen LogP contribution is 2.14. The smallest absolute Gasteiger partial charge is 0.151 e. The first-order valence-corrected chi connectivity index (χ1v) is 4.29. The van der Waals surface area contributed by atoms with E-state index in [1.165, 1.54) is 0 Å². The van der Waals surface area contributed by atoms with Crippen LogP contribution in [-0.2, 0) is 7.05 Å². The fourth-order valence-electron chi connectivity index (χ4n) is 1.15. The lowest BCUT2D eigenvalue weighted by molar-refractivity contribution is 0.768. The summed E-state index contributed by atoms with van der Waals surface area (Å²) in [6.45, 7) is 1.91. The molecule has 72 valence electrons. The standard InChI is InChI=1S/C9H11N5/c1-7-9(11-4-3-10-7)13-8-5-12-14(2)6-8/h3-6H,1-2H3,(H,11,13). The topological polar surface area (TPSA) is 55.6 Å². The average molecular weight is 189 g/mol. The summed E-state index contributed by atoms with van der Waals surface area (Å²) in [4.78, 5) is 8.30. The molecule has 1 N–H and O–H groups in total. The van der Waals surface area contributed by atoms with Gasteiger partial charge in [-0.25, -0.2) is 4.98 Å². The summed E-state index contributed by atoms with van der Waals surface area (Å²) in [7, 11) is 1.87. The van der Waals surface area contributed by atoms with Crippen molar-refractivity contribution in [3.05, 3.63) is 30.5 Å². The molecule has 0 aliphatic carbocycles. The van der Waals surface area contributed by atoms with Gasteiger partial charge < -0.3 is 5.32 Å². The zero-order valence-corrected chi connectivity index (χ0v) is 8.10. The minimum atomic E-state index is 0.764. The largest absolute Gasteiger partial charge is 0.336 e. The van der Waals surface area contributed by atoms with Crippen LogP contribution >= 0.6 is 0 Å². The lowest BCUT2D eigenvalue weighted by Gasteiger charge is -2.03. The first-order chi connectivity index (χ1) is 6.75. The van der Waals surface area contributed by atoms with E-state index in [1.807, 2.05) is 20.2 Å².